The maximum absolute atomic E-state index is 13.3. The highest BCUT2D eigenvalue weighted by Crippen LogP contribution is 2.24. The minimum Gasteiger partial charge on any atom is -0.279 e. The maximum atomic E-state index is 13.3. The van der Waals surface area contributed by atoms with Crippen LogP contribution < -0.4 is 4.72 Å². The Labute approximate surface area is 149 Å². The first-order chi connectivity index (χ1) is 11.9. The zero-order chi connectivity index (χ0) is 19.7. The molecule has 0 aromatic heterocycles. The number of nitro groups is 1. The average molecular weight is 403 g/mol. The standard InChI is InChI=1S/C14H14FN3O6S2/c1-17(2)26(23,24)12-6-4-11(5-7-12)25(21,22)16-10-3-8-13(15)14(9-10)18(19)20/h3-9,16H,1-2H3. The molecule has 0 saturated carbocycles. The summed E-state index contributed by atoms with van der Waals surface area (Å²) in [7, 11) is -5.20. The monoisotopic (exact) mass is 403 g/mol. The van der Waals surface area contributed by atoms with E-state index >= 15 is 0 Å². The summed E-state index contributed by atoms with van der Waals surface area (Å²) in [6.07, 6.45) is 0. The Morgan fingerprint density at radius 3 is 2.04 bits per heavy atom. The number of halogens is 1. The highest BCUT2D eigenvalue weighted by molar-refractivity contribution is 7.92. The lowest BCUT2D eigenvalue weighted by Crippen LogP contribution is -2.22. The van der Waals surface area contributed by atoms with Gasteiger partial charge in [0, 0.05) is 20.2 Å². The first-order valence-electron chi connectivity index (χ1n) is 6.94. The molecular formula is C14H14FN3O6S2. The summed E-state index contributed by atoms with van der Waals surface area (Å²) in [5.41, 5.74) is -1.08. The van der Waals surface area contributed by atoms with Gasteiger partial charge >= 0.3 is 5.69 Å². The second-order valence-electron chi connectivity index (χ2n) is 5.29. The van der Waals surface area contributed by atoms with E-state index in [0.717, 1.165) is 46.8 Å². The minimum absolute atomic E-state index is 0.0983. The van der Waals surface area contributed by atoms with Crippen molar-refractivity contribution in [1.82, 2.24) is 4.31 Å². The smallest absolute Gasteiger partial charge is 0.279 e. The van der Waals surface area contributed by atoms with E-state index in [2.05, 4.69) is 4.72 Å². The van der Waals surface area contributed by atoms with Gasteiger partial charge in [0.15, 0.2) is 0 Å². The summed E-state index contributed by atoms with van der Waals surface area (Å²) >= 11 is 0. The molecule has 0 unspecified atom stereocenters. The van der Waals surface area contributed by atoms with E-state index in [9.17, 15) is 31.3 Å². The zero-order valence-electron chi connectivity index (χ0n) is 13.6. The first-order valence-corrected chi connectivity index (χ1v) is 9.87. The van der Waals surface area contributed by atoms with Crippen LogP contribution in [0.3, 0.4) is 0 Å². The van der Waals surface area contributed by atoms with Crippen LogP contribution in [0.4, 0.5) is 15.8 Å². The minimum atomic E-state index is -4.15. The largest absolute Gasteiger partial charge is 0.306 e. The SMILES string of the molecule is CN(C)S(=O)(=O)c1ccc(S(=O)(=O)Nc2ccc(F)c([N+](=O)[O-])c2)cc1. The Morgan fingerprint density at radius 2 is 1.54 bits per heavy atom. The van der Waals surface area contributed by atoms with Gasteiger partial charge in [-0.05, 0) is 36.4 Å². The van der Waals surface area contributed by atoms with Gasteiger partial charge in [-0.3, -0.25) is 14.8 Å². The predicted molar refractivity (Wildman–Crippen MR) is 91.2 cm³/mol. The quantitative estimate of drug-likeness (QED) is 0.579. The number of rotatable bonds is 6. The summed E-state index contributed by atoms with van der Waals surface area (Å²) < 4.78 is 65.0. The molecule has 2 aromatic rings. The first kappa shape index (κ1) is 19.8. The molecule has 9 nitrogen and oxygen atoms in total. The second kappa shape index (κ2) is 6.97. The number of sulfonamides is 2. The van der Waals surface area contributed by atoms with Crippen molar-refractivity contribution in [2.45, 2.75) is 9.79 Å². The van der Waals surface area contributed by atoms with Crippen LogP contribution in [-0.4, -0.2) is 40.2 Å². The fourth-order valence-electron chi connectivity index (χ4n) is 1.93. The van der Waals surface area contributed by atoms with Gasteiger partial charge in [0.05, 0.1) is 20.4 Å². The van der Waals surface area contributed by atoms with Crippen LogP contribution in [0.2, 0.25) is 0 Å². The van der Waals surface area contributed by atoms with Crippen LogP contribution in [0.15, 0.2) is 52.3 Å². The number of nitrogens with one attached hydrogen (secondary N) is 1. The van der Waals surface area contributed by atoms with E-state index in [1.54, 1.807) is 0 Å². The van der Waals surface area contributed by atoms with Gasteiger partial charge in [0.1, 0.15) is 0 Å². The van der Waals surface area contributed by atoms with Crippen LogP contribution in [0.1, 0.15) is 0 Å². The van der Waals surface area contributed by atoms with Gasteiger partial charge in [-0.2, -0.15) is 4.39 Å². The zero-order valence-corrected chi connectivity index (χ0v) is 15.2. The molecule has 0 radical (unpaired) electrons. The van der Waals surface area contributed by atoms with E-state index in [1.807, 2.05) is 0 Å². The average Bonchev–Trinajstić information content (AvgIpc) is 2.56. The van der Waals surface area contributed by atoms with Crippen molar-refractivity contribution in [1.29, 1.82) is 0 Å². The molecule has 0 bridgehead atoms. The van der Waals surface area contributed by atoms with Crippen molar-refractivity contribution in [3.05, 3.63) is 58.4 Å². The Morgan fingerprint density at radius 1 is 1.00 bits per heavy atom. The number of benzene rings is 2. The summed E-state index contributed by atoms with van der Waals surface area (Å²) in [5.74, 6) is -1.10. The fourth-order valence-corrected chi connectivity index (χ4v) is 3.88. The lowest BCUT2D eigenvalue weighted by Gasteiger charge is -2.12. The molecule has 0 spiro atoms. The normalized spacial score (nSPS) is 12.2. The molecule has 0 heterocycles. The summed E-state index contributed by atoms with van der Waals surface area (Å²) in [6.45, 7) is 0. The molecule has 0 aliphatic carbocycles. The molecule has 0 aliphatic rings. The number of hydrogen-bond acceptors (Lipinski definition) is 6. The highest BCUT2D eigenvalue weighted by Gasteiger charge is 2.21. The Balaban J connectivity index is 2.34. The molecule has 0 amide bonds. The van der Waals surface area contributed by atoms with Crippen molar-refractivity contribution >= 4 is 31.4 Å². The third kappa shape index (κ3) is 3.98. The van der Waals surface area contributed by atoms with Gasteiger partial charge in [0.2, 0.25) is 15.8 Å². The van der Waals surface area contributed by atoms with Crippen LogP contribution in [0.25, 0.3) is 0 Å². The van der Waals surface area contributed by atoms with Crippen molar-refractivity contribution in [2.75, 3.05) is 18.8 Å². The lowest BCUT2D eigenvalue weighted by atomic mass is 10.3. The van der Waals surface area contributed by atoms with Crippen LogP contribution >= 0.6 is 0 Å². The lowest BCUT2D eigenvalue weighted by molar-refractivity contribution is -0.387. The Hall–Kier alpha value is -2.57. The van der Waals surface area contributed by atoms with Gasteiger partial charge in [-0.15, -0.1) is 0 Å². The van der Waals surface area contributed by atoms with Crippen molar-refractivity contribution in [2.24, 2.45) is 0 Å². The highest BCUT2D eigenvalue weighted by atomic mass is 32.2. The van der Waals surface area contributed by atoms with Crippen molar-refractivity contribution in [3.8, 4) is 0 Å². The van der Waals surface area contributed by atoms with Gasteiger partial charge in [0.25, 0.3) is 10.0 Å². The number of nitro benzene ring substituents is 1. The molecule has 2 rings (SSSR count). The van der Waals surface area contributed by atoms with Crippen molar-refractivity contribution < 1.29 is 26.1 Å². The maximum Gasteiger partial charge on any atom is 0.306 e. The van der Waals surface area contributed by atoms with E-state index in [4.69, 9.17) is 0 Å². The van der Waals surface area contributed by atoms with Crippen LogP contribution in [0, 0.1) is 15.9 Å². The van der Waals surface area contributed by atoms with E-state index in [-0.39, 0.29) is 15.5 Å². The molecule has 140 valence electrons. The molecule has 0 aliphatic heterocycles. The second-order valence-corrected chi connectivity index (χ2v) is 9.12. The molecule has 0 atom stereocenters. The molecule has 1 N–H and O–H groups in total. The number of nitrogens with zero attached hydrogens (tertiary/aromatic N) is 2. The van der Waals surface area contributed by atoms with E-state index in [0.29, 0.717) is 0 Å². The van der Waals surface area contributed by atoms with E-state index in [1.165, 1.54) is 14.1 Å². The summed E-state index contributed by atoms with van der Waals surface area (Å²) in [6, 6.07) is 6.95. The summed E-state index contributed by atoms with van der Waals surface area (Å²) in [4.78, 5) is 9.39. The number of hydrogen-bond donors (Lipinski definition) is 1. The Bertz CT molecular complexity index is 1050. The fraction of sp³-hybridized carbons (Fsp3) is 0.143. The molecule has 26 heavy (non-hydrogen) atoms. The third-order valence-corrected chi connectivity index (χ3v) is 6.53. The van der Waals surface area contributed by atoms with E-state index < -0.39 is 36.5 Å². The van der Waals surface area contributed by atoms with Gasteiger partial charge in [-0.1, -0.05) is 0 Å². The Kier molecular flexibility index (Phi) is 5.30. The molecule has 2 aromatic carbocycles. The predicted octanol–water partition coefficient (Wildman–Crippen LogP) is 1.78. The van der Waals surface area contributed by atoms with Crippen LogP contribution in [0.5, 0.6) is 0 Å². The molecule has 12 heteroatoms. The van der Waals surface area contributed by atoms with Crippen molar-refractivity contribution in [3.63, 3.8) is 0 Å². The van der Waals surface area contributed by atoms with Gasteiger partial charge < -0.3 is 0 Å². The number of anilines is 1. The van der Waals surface area contributed by atoms with Gasteiger partial charge in [-0.25, -0.2) is 21.1 Å². The topological polar surface area (TPSA) is 127 Å². The molecule has 0 saturated heterocycles. The molecular weight excluding hydrogens is 389 g/mol. The van der Waals surface area contributed by atoms with Crippen LogP contribution in [-0.2, 0) is 20.0 Å². The third-order valence-electron chi connectivity index (χ3n) is 3.31. The summed E-state index contributed by atoms with van der Waals surface area (Å²) in [5, 5.41) is 10.7. The molecule has 0 fully saturated rings.